The molecule has 0 spiro atoms. The minimum atomic E-state index is 0.271. The first-order chi connectivity index (χ1) is 12.2. The Morgan fingerprint density at radius 1 is 0.960 bits per heavy atom. The van der Waals surface area contributed by atoms with Crippen LogP contribution in [0.25, 0.3) is 0 Å². The molecule has 0 aliphatic rings. The maximum atomic E-state index is 9.71. The third-order valence-corrected chi connectivity index (χ3v) is 4.20. The third kappa shape index (κ3) is 7.00. The van der Waals surface area contributed by atoms with Crippen molar-refractivity contribution in [3.05, 3.63) is 53.6 Å². The molecule has 0 radical (unpaired) electrons. The minimum absolute atomic E-state index is 0.271. The zero-order chi connectivity index (χ0) is 17.9. The Labute approximate surface area is 151 Å². The van der Waals surface area contributed by atoms with Gasteiger partial charge in [0.1, 0.15) is 11.5 Å². The van der Waals surface area contributed by atoms with Crippen LogP contribution < -0.4 is 4.74 Å². The Balaban J connectivity index is 1.75. The molecule has 0 aliphatic carbocycles. The summed E-state index contributed by atoms with van der Waals surface area (Å²) in [7, 11) is 0. The molecule has 0 amide bonds. The van der Waals surface area contributed by atoms with Crippen LogP contribution in [0.2, 0.25) is 0 Å². The highest BCUT2D eigenvalue weighted by molar-refractivity contribution is 5.82. The van der Waals surface area contributed by atoms with E-state index in [9.17, 15) is 5.11 Å². The number of aromatic hydroxyl groups is 1. The summed E-state index contributed by atoms with van der Waals surface area (Å²) >= 11 is 0. The predicted molar refractivity (Wildman–Crippen MR) is 105 cm³/mol. The Bertz CT molecular complexity index is 662. The van der Waals surface area contributed by atoms with Gasteiger partial charge in [-0.25, -0.2) is 0 Å². The largest absolute Gasteiger partial charge is 0.508 e. The Morgan fingerprint density at radius 2 is 1.68 bits per heavy atom. The zero-order valence-electron chi connectivity index (χ0n) is 15.4. The van der Waals surface area contributed by atoms with Crippen molar-refractivity contribution in [2.24, 2.45) is 4.99 Å². The van der Waals surface area contributed by atoms with Gasteiger partial charge in [0.05, 0.1) is 12.3 Å². The number of nitrogens with zero attached hydrogens (tertiary/aromatic N) is 1. The number of benzene rings is 2. The van der Waals surface area contributed by atoms with Crippen molar-refractivity contribution in [1.29, 1.82) is 0 Å². The van der Waals surface area contributed by atoms with Gasteiger partial charge in [-0.1, -0.05) is 45.1 Å². The third-order valence-electron chi connectivity index (χ3n) is 4.20. The summed E-state index contributed by atoms with van der Waals surface area (Å²) < 4.78 is 5.78. The van der Waals surface area contributed by atoms with Gasteiger partial charge in [-0.3, -0.25) is 4.99 Å². The normalized spacial score (nSPS) is 11.1. The Kier molecular flexibility index (Phi) is 8.03. The summed E-state index contributed by atoms with van der Waals surface area (Å²) in [6.45, 7) is 4.89. The molecule has 0 atom stereocenters. The lowest BCUT2D eigenvalue weighted by atomic mass is 10.1. The van der Waals surface area contributed by atoms with Crippen molar-refractivity contribution < 1.29 is 9.84 Å². The van der Waals surface area contributed by atoms with Crippen molar-refractivity contribution in [2.45, 2.75) is 52.4 Å². The maximum absolute atomic E-state index is 9.71. The molecule has 2 aromatic rings. The van der Waals surface area contributed by atoms with Crippen LogP contribution in [0.3, 0.4) is 0 Å². The summed E-state index contributed by atoms with van der Waals surface area (Å²) in [5.74, 6) is 1.17. The zero-order valence-corrected chi connectivity index (χ0v) is 15.4. The molecule has 0 saturated heterocycles. The van der Waals surface area contributed by atoms with Gasteiger partial charge in [-0.05, 0) is 54.8 Å². The van der Waals surface area contributed by atoms with E-state index in [0.29, 0.717) is 0 Å². The van der Waals surface area contributed by atoms with Crippen LogP contribution in [0.1, 0.15) is 56.6 Å². The van der Waals surface area contributed by atoms with E-state index in [1.54, 1.807) is 12.3 Å². The fourth-order valence-electron chi connectivity index (χ4n) is 2.55. The number of hydrogen-bond donors (Lipinski definition) is 1. The summed E-state index contributed by atoms with van der Waals surface area (Å²) in [6, 6.07) is 13.4. The molecule has 0 heterocycles. The lowest BCUT2D eigenvalue weighted by Crippen LogP contribution is -1.97. The van der Waals surface area contributed by atoms with Crippen molar-refractivity contribution in [3.63, 3.8) is 0 Å². The van der Waals surface area contributed by atoms with E-state index in [2.05, 4.69) is 11.9 Å². The number of phenolic OH excluding ortho intramolecular Hbond substituents is 1. The van der Waals surface area contributed by atoms with E-state index in [4.69, 9.17) is 4.74 Å². The molecule has 1 N–H and O–H groups in total. The summed E-state index contributed by atoms with van der Waals surface area (Å²) in [5.41, 5.74) is 2.60. The first-order valence-corrected chi connectivity index (χ1v) is 9.25. The van der Waals surface area contributed by atoms with E-state index < -0.39 is 0 Å². The number of aliphatic imine (C=N–C) groups is 1. The molecule has 2 rings (SSSR count). The van der Waals surface area contributed by atoms with Crippen LogP contribution >= 0.6 is 0 Å². The van der Waals surface area contributed by atoms with E-state index in [-0.39, 0.29) is 5.75 Å². The van der Waals surface area contributed by atoms with Gasteiger partial charge in [0.15, 0.2) is 0 Å². The van der Waals surface area contributed by atoms with Crippen LogP contribution in [0.4, 0.5) is 5.69 Å². The number of phenols is 1. The van der Waals surface area contributed by atoms with Gasteiger partial charge < -0.3 is 9.84 Å². The molecular weight excluding hydrogens is 310 g/mol. The van der Waals surface area contributed by atoms with E-state index in [0.717, 1.165) is 35.6 Å². The molecule has 3 heteroatoms. The van der Waals surface area contributed by atoms with Crippen LogP contribution in [0, 0.1) is 6.92 Å². The second-order valence-corrected chi connectivity index (χ2v) is 6.41. The fraction of sp³-hybridized carbons (Fsp3) is 0.409. The van der Waals surface area contributed by atoms with E-state index in [1.807, 2.05) is 43.3 Å². The molecule has 0 aliphatic heterocycles. The van der Waals surface area contributed by atoms with Crippen molar-refractivity contribution in [2.75, 3.05) is 6.61 Å². The molecule has 134 valence electrons. The highest BCUT2D eigenvalue weighted by Gasteiger charge is 1.98. The molecule has 0 unspecified atom stereocenters. The average Bonchev–Trinajstić information content (AvgIpc) is 2.63. The second kappa shape index (κ2) is 10.5. The number of ether oxygens (including phenoxy) is 1. The van der Waals surface area contributed by atoms with E-state index in [1.165, 1.54) is 32.1 Å². The van der Waals surface area contributed by atoms with Crippen LogP contribution in [-0.4, -0.2) is 17.9 Å². The lowest BCUT2D eigenvalue weighted by Gasteiger charge is -2.06. The highest BCUT2D eigenvalue weighted by atomic mass is 16.5. The van der Waals surface area contributed by atoms with Gasteiger partial charge in [-0.2, -0.15) is 0 Å². The first kappa shape index (κ1) is 19.0. The van der Waals surface area contributed by atoms with Gasteiger partial charge in [0, 0.05) is 12.3 Å². The first-order valence-electron chi connectivity index (χ1n) is 9.25. The number of aryl methyl sites for hydroxylation is 1. The van der Waals surface area contributed by atoms with Gasteiger partial charge >= 0.3 is 0 Å². The van der Waals surface area contributed by atoms with Gasteiger partial charge in [0.2, 0.25) is 0 Å². The van der Waals surface area contributed by atoms with Crippen LogP contribution in [0.15, 0.2) is 47.5 Å². The van der Waals surface area contributed by atoms with Gasteiger partial charge in [-0.15, -0.1) is 0 Å². The minimum Gasteiger partial charge on any atom is -0.508 e. The highest BCUT2D eigenvalue weighted by Crippen LogP contribution is 2.23. The lowest BCUT2D eigenvalue weighted by molar-refractivity contribution is 0.304. The molecule has 25 heavy (non-hydrogen) atoms. The van der Waals surface area contributed by atoms with Crippen LogP contribution in [-0.2, 0) is 0 Å². The molecule has 0 saturated carbocycles. The van der Waals surface area contributed by atoms with E-state index >= 15 is 0 Å². The average molecular weight is 339 g/mol. The van der Waals surface area contributed by atoms with Crippen molar-refractivity contribution in [3.8, 4) is 11.5 Å². The smallest absolute Gasteiger partial charge is 0.120 e. The molecule has 0 fully saturated rings. The second-order valence-electron chi connectivity index (χ2n) is 6.41. The van der Waals surface area contributed by atoms with Crippen LogP contribution in [0.5, 0.6) is 11.5 Å². The molecule has 3 nitrogen and oxygen atoms in total. The Morgan fingerprint density at radius 3 is 2.40 bits per heavy atom. The molecule has 0 aromatic heterocycles. The number of unbranched alkanes of at least 4 members (excludes halogenated alkanes) is 5. The SMILES string of the molecule is CCCCCCCCOc1ccc(C=Nc2ccc(C)c(O)c2)cc1. The number of rotatable bonds is 10. The Hall–Kier alpha value is -2.29. The fourth-order valence-corrected chi connectivity index (χ4v) is 2.55. The van der Waals surface area contributed by atoms with Gasteiger partial charge in [0.25, 0.3) is 0 Å². The molecule has 2 aromatic carbocycles. The monoisotopic (exact) mass is 339 g/mol. The predicted octanol–water partition coefficient (Wildman–Crippen LogP) is 6.19. The topological polar surface area (TPSA) is 41.8 Å². The molecule has 0 bridgehead atoms. The summed E-state index contributed by atoms with van der Waals surface area (Å²) in [4.78, 5) is 4.39. The molecular formula is C22H29NO2. The summed E-state index contributed by atoms with van der Waals surface area (Å²) in [6.07, 6.45) is 9.42. The standard InChI is InChI=1S/C22H29NO2/c1-3-4-5-6-7-8-15-25-21-13-10-19(11-14-21)17-23-20-12-9-18(2)22(24)16-20/h9-14,16-17,24H,3-8,15H2,1-2H3. The maximum Gasteiger partial charge on any atom is 0.120 e. The van der Waals surface area contributed by atoms with Crippen molar-refractivity contribution in [1.82, 2.24) is 0 Å². The van der Waals surface area contributed by atoms with Crippen molar-refractivity contribution >= 4 is 11.9 Å². The quantitative estimate of drug-likeness (QED) is 0.414. The number of hydrogen-bond acceptors (Lipinski definition) is 3. The summed E-state index contributed by atoms with van der Waals surface area (Å²) in [5, 5.41) is 9.71.